The Labute approximate surface area is 243 Å². The van der Waals surface area contributed by atoms with Gasteiger partial charge in [0.05, 0.1) is 13.2 Å². The second kappa shape index (κ2) is 20.4. The largest absolute Gasteiger partial charge is 0.487 e. The Morgan fingerprint density at radius 3 is 1.34 bits per heavy atom. The van der Waals surface area contributed by atoms with E-state index in [-0.39, 0.29) is 26.4 Å². The SMILES string of the molecule is CCCCCCC(Oc1ccccc1OCCOCCOc1ccccc1OC(CCCCCC)C(=O)O)C(=O)O. The smallest absolute Gasteiger partial charge is 0.344 e. The maximum Gasteiger partial charge on any atom is 0.344 e. The summed E-state index contributed by atoms with van der Waals surface area (Å²) in [5.74, 6) is -0.281. The van der Waals surface area contributed by atoms with Gasteiger partial charge in [-0.3, -0.25) is 0 Å². The van der Waals surface area contributed by atoms with Crippen LogP contribution in [0.5, 0.6) is 23.0 Å². The fraction of sp³-hybridized carbons (Fsp3) is 0.562. The summed E-state index contributed by atoms with van der Waals surface area (Å²) in [4.78, 5) is 23.4. The predicted molar refractivity (Wildman–Crippen MR) is 156 cm³/mol. The molecule has 0 amide bonds. The first-order valence-corrected chi connectivity index (χ1v) is 14.8. The van der Waals surface area contributed by atoms with Crippen molar-refractivity contribution >= 4 is 11.9 Å². The van der Waals surface area contributed by atoms with Crippen LogP contribution in [-0.2, 0) is 14.3 Å². The Hall–Kier alpha value is -3.46. The van der Waals surface area contributed by atoms with Gasteiger partial charge in [0, 0.05) is 0 Å². The third-order valence-corrected chi connectivity index (χ3v) is 6.40. The molecular weight excluding hydrogens is 528 g/mol. The van der Waals surface area contributed by atoms with Crippen molar-refractivity contribution < 1.29 is 43.5 Å². The number of carboxylic acids is 2. The lowest BCUT2D eigenvalue weighted by atomic mass is 10.1. The summed E-state index contributed by atoms with van der Waals surface area (Å²) in [5, 5.41) is 19.1. The fourth-order valence-electron chi connectivity index (χ4n) is 4.14. The summed E-state index contributed by atoms with van der Waals surface area (Å²) < 4.78 is 28.8. The van der Waals surface area contributed by atoms with Crippen molar-refractivity contribution in [3.8, 4) is 23.0 Å². The van der Waals surface area contributed by atoms with Crippen LogP contribution in [0.1, 0.15) is 78.1 Å². The van der Waals surface area contributed by atoms with E-state index in [0.717, 1.165) is 51.4 Å². The highest BCUT2D eigenvalue weighted by atomic mass is 16.6. The molecule has 0 spiro atoms. The molecule has 0 aliphatic heterocycles. The van der Waals surface area contributed by atoms with Gasteiger partial charge in [-0.15, -0.1) is 0 Å². The van der Waals surface area contributed by atoms with Crippen LogP contribution in [-0.4, -0.2) is 60.8 Å². The molecule has 0 saturated heterocycles. The summed E-state index contributed by atoms with van der Waals surface area (Å²) in [6.07, 6.45) is 6.87. The highest BCUT2D eigenvalue weighted by Gasteiger charge is 2.22. The molecule has 0 radical (unpaired) electrons. The number of unbranched alkanes of at least 4 members (excludes halogenated alkanes) is 6. The second-order valence-electron chi connectivity index (χ2n) is 9.79. The molecule has 41 heavy (non-hydrogen) atoms. The third-order valence-electron chi connectivity index (χ3n) is 6.40. The van der Waals surface area contributed by atoms with E-state index in [4.69, 9.17) is 23.7 Å². The van der Waals surface area contributed by atoms with Crippen molar-refractivity contribution in [2.24, 2.45) is 0 Å². The van der Waals surface area contributed by atoms with Gasteiger partial charge in [-0.25, -0.2) is 9.59 Å². The molecule has 0 bridgehead atoms. The molecule has 0 fully saturated rings. The maximum atomic E-state index is 11.7. The summed E-state index contributed by atoms with van der Waals surface area (Å²) in [5.41, 5.74) is 0. The molecule has 2 aromatic carbocycles. The van der Waals surface area contributed by atoms with E-state index >= 15 is 0 Å². The van der Waals surface area contributed by atoms with Gasteiger partial charge in [-0.05, 0) is 49.9 Å². The van der Waals surface area contributed by atoms with Crippen LogP contribution in [0.3, 0.4) is 0 Å². The van der Waals surface area contributed by atoms with Gasteiger partial charge in [-0.2, -0.15) is 0 Å². The molecule has 228 valence electrons. The van der Waals surface area contributed by atoms with Gasteiger partial charge in [0.25, 0.3) is 0 Å². The summed E-state index contributed by atoms with van der Waals surface area (Å²) >= 11 is 0. The van der Waals surface area contributed by atoms with Crippen LogP contribution in [0.25, 0.3) is 0 Å². The number of carbonyl (C=O) groups is 2. The normalized spacial score (nSPS) is 12.3. The standard InChI is InChI=1S/C32H46O9/c1-3-5-7-9-19-29(31(33)34)40-27-17-13-11-15-25(27)38-23-21-37-22-24-39-26-16-12-14-18-28(26)41-30(32(35)36)20-10-8-6-4-2/h11-18,29-30H,3-10,19-24H2,1-2H3,(H,33,34)(H,35,36). The Morgan fingerprint density at radius 1 is 0.585 bits per heavy atom. The van der Waals surface area contributed by atoms with Crippen molar-refractivity contribution in [2.75, 3.05) is 26.4 Å². The molecule has 9 nitrogen and oxygen atoms in total. The zero-order valence-corrected chi connectivity index (χ0v) is 24.4. The summed E-state index contributed by atoms with van der Waals surface area (Å²) in [6, 6.07) is 14.0. The van der Waals surface area contributed by atoms with Crippen LogP contribution < -0.4 is 18.9 Å². The van der Waals surface area contributed by atoms with E-state index in [2.05, 4.69) is 13.8 Å². The number of ether oxygens (including phenoxy) is 5. The molecule has 0 aliphatic rings. The third kappa shape index (κ3) is 13.6. The van der Waals surface area contributed by atoms with Crippen LogP contribution in [0.2, 0.25) is 0 Å². The van der Waals surface area contributed by atoms with E-state index in [1.54, 1.807) is 48.5 Å². The van der Waals surface area contributed by atoms with Crippen LogP contribution in [0.15, 0.2) is 48.5 Å². The Morgan fingerprint density at radius 2 is 0.976 bits per heavy atom. The van der Waals surface area contributed by atoms with Crippen molar-refractivity contribution in [1.82, 2.24) is 0 Å². The van der Waals surface area contributed by atoms with Crippen LogP contribution >= 0.6 is 0 Å². The number of benzene rings is 2. The predicted octanol–water partition coefficient (Wildman–Crippen LogP) is 6.77. The number of para-hydroxylation sites is 4. The summed E-state index contributed by atoms with van der Waals surface area (Å²) in [6.45, 7) is 5.28. The number of aliphatic carboxylic acids is 2. The fourth-order valence-corrected chi connectivity index (χ4v) is 4.14. The minimum atomic E-state index is -0.989. The van der Waals surface area contributed by atoms with Gasteiger partial charge >= 0.3 is 11.9 Å². The molecule has 0 saturated carbocycles. The lowest BCUT2D eigenvalue weighted by molar-refractivity contribution is -0.146. The van der Waals surface area contributed by atoms with Gasteiger partial charge in [0.2, 0.25) is 0 Å². The molecule has 0 heterocycles. The first kappa shape index (κ1) is 33.7. The number of hydrogen-bond donors (Lipinski definition) is 2. The second-order valence-corrected chi connectivity index (χ2v) is 9.79. The number of carboxylic acid groups (broad SMARTS) is 2. The molecule has 2 atom stereocenters. The average molecular weight is 575 g/mol. The highest BCUT2D eigenvalue weighted by Crippen LogP contribution is 2.29. The lowest BCUT2D eigenvalue weighted by Crippen LogP contribution is -2.27. The molecule has 0 aromatic heterocycles. The molecule has 0 aliphatic carbocycles. The summed E-state index contributed by atoms with van der Waals surface area (Å²) in [7, 11) is 0. The quantitative estimate of drug-likeness (QED) is 0.131. The monoisotopic (exact) mass is 574 g/mol. The Bertz CT molecular complexity index is 931. The highest BCUT2D eigenvalue weighted by molar-refractivity contribution is 5.73. The maximum absolute atomic E-state index is 11.7. The average Bonchev–Trinajstić information content (AvgIpc) is 2.96. The van der Waals surface area contributed by atoms with E-state index in [9.17, 15) is 19.8 Å². The van der Waals surface area contributed by atoms with E-state index in [1.165, 1.54) is 0 Å². The van der Waals surface area contributed by atoms with E-state index in [0.29, 0.717) is 35.8 Å². The number of hydrogen-bond acceptors (Lipinski definition) is 7. The molecule has 2 aromatic rings. The Kier molecular flexibility index (Phi) is 16.8. The molecule has 2 unspecified atom stereocenters. The van der Waals surface area contributed by atoms with Crippen molar-refractivity contribution in [3.63, 3.8) is 0 Å². The van der Waals surface area contributed by atoms with E-state index < -0.39 is 24.1 Å². The van der Waals surface area contributed by atoms with E-state index in [1.807, 2.05) is 0 Å². The Balaban J connectivity index is 1.76. The lowest BCUT2D eigenvalue weighted by Gasteiger charge is -2.18. The molecule has 9 heteroatoms. The minimum Gasteiger partial charge on any atom is -0.487 e. The first-order valence-electron chi connectivity index (χ1n) is 14.8. The zero-order chi connectivity index (χ0) is 29.7. The van der Waals surface area contributed by atoms with Crippen LogP contribution in [0.4, 0.5) is 0 Å². The topological polar surface area (TPSA) is 121 Å². The molecule has 2 rings (SSSR count). The first-order chi connectivity index (χ1) is 20.0. The zero-order valence-electron chi connectivity index (χ0n) is 24.4. The van der Waals surface area contributed by atoms with Gasteiger partial charge < -0.3 is 33.9 Å². The van der Waals surface area contributed by atoms with Crippen molar-refractivity contribution in [3.05, 3.63) is 48.5 Å². The molecular formula is C32H46O9. The van der Waals surface area contributed by atoms with Gasteiger partial charge in [0.15, 0.2) is 35.2 Å². The number of rotatable bonds is 24. The van der Waals surface area contributed by atoms with Crippen molar-refractivity contribution in [1.29, 1.82) is 0 Å². The van der Waals surface area contributed by atoms with Gasteiger partial charge in [0.1, 0.15) is 13.2 Å². The minimum absolute atomic E-state index is 0.243. The van der Waals surface area contributed by atoms with Crippen molar-refractivity contribution in [2.45, 2.75) is 90.3 Å². The van der Waals surface area contributed by atoms with Gasteiger partial charge in [-0.1, -0.05) is 76.6 Å². The molecule has 2 N–H and O–H groups in total. The van der Waals surface area contributed by atoms with Crippen LogP contribution in [0, 0.1) is 0 Å².